The average molecular weight is 198 g/mol. The summed E-state index contributed by atoms with van der Waals surface area (Å²) in [4.78, 5) is 0. The fourth-order valence-corrected chi connectivity index (χ4v) is 1.88. The number of rotatable bonds is 2. The van der Waals surface area contributed by atoms with Crippen LogP contribution in [-0.2, 0) is 0 Å². The third-order valence-electron chi connectivity index (χ3n) is 2.74. The van der Waals surface area contributed by atoms with E-state index < -0.39 is 0 Å². The molecule has 2 heteroatoms. The Bertz CT molecular complexity index is 258. The van der Waals surface area contributed by atoms with E-state index in [2.05, 4.69) is 37.3 Å². The summed E-state index contributed by atoms with van der Waals surface area (Å²) in [5.41, 5.74) is 7.28. The van der Waals surface area contributed by atoms with Gasteiger partial charge in [-0.1, -0.05) is 30.3 Å². The maximum absolute atomic E-state index is 5.83. The van der Waals surface area contributed by atoms with Gasteiger partial charge in [-0.25, -0.2) is 0 Å². The van der Waals surface area contributed by atoms with E-state index in [0.29, 0.717) is 6.04 Å². The number of hydrogen-bond acceptors (Lipinski definition) is 1. The van der Waals surface area contributed by atoms with Gasteiger partial charge >= 0.3 is 0 Å². The molecule has 2 N–H and O–H groups in total. The first kappa shape index (κ1) is 10.6. The van der Waals surface area contributed by atoms with Crippen molar-refractivity contribution in [3.8, 4) is 0 Å². The summed E-state index contributed by atoms with van der Waals surface area (Å²) in [5, 5.41) is 0. The highest BCUT2D eigenvalue weighted by Gasteiger charge is 2.40. The predicted molar refractivity (Wildman–Crippen MR) is 58.2 cm³/mol. The van der Waals surface area contributed by atoms with Crippen LogP contribution in [0.4, 0.5) is 0 Å². The topological polar surface area (TPSA) is 26.0 Å². The van der Waals surface area contributed by atoms with Crippen molar-refractivity contribution < 1.29 is 0 Å². The van der Waals surface area contributed by atoms with Gasteiger partial charge in [-0.3, -0.25) is 0 Å². The van der Waals surface area contributed by atoms with Crippen LogP contribution in [0, 0.1) is 5.92 Å². The second-order valence-electron chi connectivity index (χ2n) is 3.78. The quantitative estimate of drug-likeness (QED) is 0.775. The van der Waals surface area contributed by atoms with Crippen molar-refractivity contribution in [3.05, 3.63) is 35.9 Å². The number of hydrogen-bond donors (Lipinski definition) is 1. The Kier molecular flexibility index (Phi) is 3.34. The Morgan fingerprint density at radius 3 is 2.38 bits per heavy atom. The molecule has 3 unspecified atom stereocenters. The highest BCUT2D eigenvalue weighted by molar-refractivity contribution is 5.85. The zero-order valence-corrected chi connectivity index (χ0v) is 8.63. The molecule has 1 fully saturated rings. The molecule has 0 saturated heterocycles. The number of benzene rings is 1. The normalized spacial score (nSPS) is 27.5. The summed E-state index contributed by atoms with van der Waals surface area (Å²) in [6, 6.07) is 11.0. The van der Waals surface area contributed by atoms with Crippen molar-refractivity contribution in [2.45, 2.75) is 25.3 Å². The van der Waals surface area contributed by atoms with Gasteiger partial charge < -0.3 is 5.73 Å². The maximum Gasteiger partial charge on any atom is 0.00448 e. The Morgan fingerprint density at radius 1 is 1.31 bits per heavy atom. The summed E-state index contributed by atoms with van der Waals surface area (Å²) in [7, 11) is 0. The minimum Gasteiger partial charge on any atom is -0.328 e. The van der Waals surface area contributed by atoms with Gasteiger partial charge in [-0.05, 0) is 30.7 Å². The number of nitrogens with two attached hydrogens (primary N) is 1. The lowest BCUT2D eigenvalue weighted by Crippen LogP contribution is -2.17. The van der Waals surface area contributed by atoms with Crippen LogP contribution in [0.3, 0.4) is 0 Å². The first-order valence-corrected chi connectivity index (χ1v) is 4.59. The lowest BCUT2D eigenvalue weighted by Gasteiger charge is -2.02. The molecule has 0 heterocycles. The maximum atomic E-state index is 5.83. The molecule has 1 aromatic carbocycles. The molecule has 1 aliphatic rings. The van der Waals surface area contributed by atoms with Crippen LogP contribution in [-0.4, -0.2) is 6.04 Å². The molecular weight excluding hydrogens is 182 g/mol. The van der Waals surface area contributed by atoms with Crippen molar-refractivity contribution in [2.24, 2.45) is 11.7 Å². The van der Waals surface area contributed by atoms with Crippen LogP contribution in [0.5, 0.6) is 0 Å². The molecule has 0 bridgehead atoms. The second-order valence-corrected chi connectivity index (χ2v) is 3.78. The predicted octanol–water partition coefficient (Wildman–Crippen LogP) is 2.56. The summed E-state index contributed by atoms with van der Waals surface area (Å²) < 4.78 is 0. The molecule has 0 spiro atoms. The third-order valence-corrected chi connectivity index (χ3v) is 2.74. The molecule has 1 nitrogen and oxygen atoms in total. The summed E-state index contributed by atoms with van der Waals surface area (Å²) in [6.45, 7) is 2.10. The number of halogens is 1. The van der Waals surface area contributed by atoms with Crippen molar-refractivity contribution in [2.75, 3.05) is 0 Å². The first-order valence-electron chi connectivity index (χ1n) is 4.59. The van der Waals surface area contributed by atoms with E-state index in [1.165, 1.54) is 12.0 Å². The van der Waals surface area contributed by atoms with E-state index in [9.17, 15) is 0 Å². The zero-order valence-electron chi connectivity index (χ0n) is 7.81. The summed E-state index contributed by atoms with van der Waals surface area (Å²) in [6.07, 6.45) is 1.28. The Balaban J connectivity index is 0.000000845. The van der Waals surface area contributed by atoms with Gasteiger partial charge in [0.15, 0.2) is 0 Å². The SMILES string of the molecule is CC(N)C1CC1c1ccccc1.Cl. The zero-order chi connectivity index (χ0) is 8.55. The largest absolute Gasteiger partial charge is 0.328 e. The van der Waals surface area contributed by atoms with Crippen molar-refractivity contribution in [3.63, 3.8) is 0 Å². The molecule has 13 heavy (non-hydrogen) atoms. The molecule has 3 atom stereocenters. The average Bonchev–Trinajstić information content (AvgIpc) is 2.84. The van der Waals surface area contributed by atoms with Crippen LogP contribution in [0.1, 0.15) is 24.8 Å². The van der Waals surface area contributed by atoms with Gasteiger partial charge in [0.25, 0.3) is 0 Å². The Morgan fingerprint density at radius 2 is 1.92 bits per heavy atom. The Hall–Kier alpha value is -0.530. The third kappa shape index (κ3) is 2.23. The highest BCUT2D eigenvalue weighted by Crippen LogP contribution is 2.48. The molecule has 72 valence electrons. The van der Waals surface area contributed by atoms with Gasteiger partial charge in [-0.15, -0.1) is 12.4 Å². The first-order chi connectivity index (χ1) is 5.79. The van der Waals surface area contributed by atoms with Crippen molar-refractivity contribution in [1.82, 2.24) is 0 Å². The van der Waals surface area contributed by atoms with Gasteiger partial charge in [0.05, 0.1) is 0 Å². The van der Waals surface area contributed by atoms with Crippen LogP contribution in [0.15, 0.2) is 30.3 Å². The van der Waals surface area contributed by atoms with E-state index in [1.54, 1.807) is 0 Å². The monoisotopic (exact) mass is 197 g/mol. The molecule has 1 aliphatic carbocycles. The van der Waals surface area contributed by atoms with Gasteiger partial charge in [-0.2, -0.15) is 0 Å². The van der Waals surface area contributed by atoms with E-state index in [0.717, 1.165) is 11.8 Å². The van der Waals surface area contributed by atoms with E-state index in [4.69, 9.17) is 5.73 Å². The smallest absolute Gasteiger partial charge is 0.00448 e. The van der Waals surface area contributed by atoms with Crippen LogP contribution in [0.2, 0.25) is 0 Å². The van der Waals surface area contributed by atoms with Crippen molar-refractivity contribution >= 4 is 12.4 Å². The highest BCUT2D eigenvalue weighted by atomic mass is 35.5. The van der Waals surface area contributed by atoms with Crippen LogP contribution >= 0.6 is 12.4 Å². The summed E-state index contributed by atoms with van der Waals surface area (Å²) in [5.74, 6) is 1.47. The molecular formula is C11H16ClN. The van der Waals surface area contributed by atoms with Gasteiger partial charge in [0.2, 0.25) is 0 Å². The van der Waals surface area contributed by atoms with Crippen LogP contribution < -0.4 is 5.73 Å². The minimum absolute atomic E-state index is 0. The molecule has 0 aromatic heterocycles. The van der Waals surface area contributed by atoms with Crippen molar-refractivity contribution in [1.29, 1.82) is 0 Å². The second kappa shape index (κ2) is 4.12. The molecule has 2 rings (SSSR count). The van der Waals surface area contributed by atoms with Crippen LogP contribution in [0.25, 0.3) is 0 Å². The van der Waals surface area contributed by atoms with Gasteiger partial charge in [0, 0.05) is 6.04 Å². The fourth-order valence-electron chi connectivity index (χ4n) is 1.88. The minimum atomic E-state index is 0. The standard InChI is InChI=1S/C11H15N.ClH/c1-8(12)10-7-11(10)9-5-3-2-4-6-9;/h2-6,8,10-11H,7,12H2,1H3;1H. The lowest BCUT2D eigenvalue weighted by molar-refractivity contribution is 0.631. The summed E-state index contributed by atoms with van der Waals surface area (Å²) >= 11 is 0. The molecule has 1 aromatic rings. The molecule has 0 radical (unpaired) electrons. The molecule has 0 aliphatic heterocycles. The van der Waals surface area contributed by atoms with Gasteiger partial charge in [0.1, 0.15) is 0 Å². The fraction of sp³-hybridized carbons (Fsp3) is 0.455. The Labute approximate surface area is 85.7 Å². The molecule has 0 amide bonds. The lowest BCUT2D eigenvalue weighted by atomic mass is 10.1. The van der Waals surface area contributed by atoms with E-state index in [-0.39, 0.29) is 12.4 Å². The molecule has 1 saturated carbocycles. The van der Waals surface area contributed by atoms with E-state index in [1.807, 2.05) is 0 Å². The van der Waals surface area contributed by atoms with E-state index >= 15 is 0 Å².